The summed E-state index contributed by atoms with van der Waals surface area (Å²) < 4.78 is 14.1. The third-order valence-corrected chi connectivity index (χ3v) is 22.3. The predicted octanol–water partition coefficient (Wildman–Crippen LogP) is 8.18. The first-order valence-electron chi connectivity index (χ1n) is 21.6. The molecule has 0 atom stereocenters. The molecule has 0 aromatic heterocycles. The van der Waals surface area contributed by atoms with Gasteiger partial charge in [0.05, 0.1) is 11.4 Å². The molecule has 0 radical (unpaired) electrons. The van der Waals surface area contributed by atoms with Crippen molar-refractivity contribution in [3.05, 3.63) is 259 Å². The third-order valence-electron chi connectivity index (χ3n) is 12.7. The Labute approximate surface area is 375 Å². The van der Waals surface area contributed by atoms with Crippen LogP contribution in [0.3, 0.4) is 0 Å². The third kappa shape index (κ3) is 6.34. The van der Waals surface area contributed by atoms with Crippen LogP contribution in [-0.4, -0.2) is 28.1 Å². The Morgan fingerprint density at radius 2 is 0.734 bits per heavy atom. The molecule has 304 valence electrons. The van der Waals surface area contributed by atoms with E-state index in [1.54, 1.807) is 0 Å². The first kappa shape index (κ1) is 39.0. The Kier molecular flexibility index (Phi) is 10.00. The van der Waals surface area contributed by atoms with Crippen molar-refractivity contribution in [1.29, 1.82) is 5.41 Å². The smallest absolute Gasteiger partial charge is 0.188 e. The van der Waals surface area contributed by atoms with Crippen molar-refractivity contribution < 1.29 is 9.47 Å². The van der Waals surface area contributed by atoms with Crippen molar-refractivity contribution in [1.82, 2.24) is 0 Å². The van der Waals surface area contributed by atoms with Crippen LogP contribution in [0.15, 0.2) is 248 Å². The fourth-order valence-corrected chi connectivity index (χ4v) is 19.9. The highest BCUT2D eigenvalue weighted by molar-refractivity contribution is 7.21. The van der Waals surface area contributed by atoms with E-state index in [0.29, 0.717) is 17.0 Å². The second-order valence-corrected chi connectivity index (χ2v) is 23.6. The van der Waals surface area contributed by atoms with E-state index in [1.165, 1.54) is 31.1 Å². The molecule has 0 amide bonds. The summed E-state index contributed by atoms with van der Waals surface area (Å²) in [6.07, 6.45) is 3.77. The Hall–Kier alpha value is -7.91. The molecule has 9 aromatic carbocycles. The minimum Gasteiger partial charge on any atom is -0.457 e. The highest BCUT2D eigenvalue weighted by Crippen LogP contribution is 2.37. The van der Waals surface area contributed by atoms with Crippen molar-refractivity contribution in [2.75, 3.05) is 0 Å². The number of ether oxygens (including phenoxy) is 2. The van der Waals surface area contributed by atoms with Crippen molar-refractivity contribution >= 4 is 75.3 Å². The maximum atomic E-state index is 10.1. The minimum absolute atomic E-state index is 0.281. The number of para-hydroxylation sites is 4. The van der Waals surface area contributed by atoms with E-state index in [-0.39, 0.29) is 5.71 Å². The van der Waals surface area contributed by atoms with Crippen LogP contribution in [0.1, 0.15) is 16.7 Å². The molecule has 9 aromatic rings. The SMILES string of the molecule is N=C(/C=C(\N=Cc1ccccc1)c1cccc2c1Oc1ccccc1[Si]2(c1ccccc1)c1ccccc1)c1cccc2c1Oc1ccccc1[Si]2(c1ccccc1)c1ccccc1. The summed E-state index contributed by atoms with van der Waals surface area (Å²) in [5.74, 6) is 3.10. The lowest BCUT2D eigenvalue weighted by Gasteiger charge is -2.40. The van der Waals surface area contributed by atoms with Gasteiger partial charge < -0.3 is 14.9 Å². The lowest BCUT2D eigenvalue weighted by Crippen LogP contribution is -2.76. The summed E-state index contributed by atoms with van der Waals surface area (Å²) in [6, 6.07) is 83.3. The summed E-state index contributed by atoms with van der Waals surface area (Å²) in [7, 11) is -5.89. The van der Waals surface area contributed by atoms with Crippen LogP contribution in [0.2, 0.25) is 0 Å². The maximum absolute atomic E-state index is 10.1. The Morgan fingerprint density at radius 1 is 0.375 bits per heavy atom. The number of nitrogens with zero attached hydrogens (tertiary/aromatic N) is 1. The quantitative estimate of drug-likeness (QED) is 0.118. The number of allylic oxidation sites excluding steroid dienone is 1. The second kappa shape index (κ2) is 16.4. The molecule has 6 heteroatoms. The van der Waals surface area contributed by atoms with Gasteiger partial charge in [-0.3, -0.25) is 4.99 Å². The molecule has 0 unspecified atom stereocenters. The number of hydrogen-bond acceptors (Lipinski definition) is 4. The number of hydrogen-bond donors (Lipinski definition) is 1. The van der Waals surface area contributed by atoms with Gasteiger partial charge in [-0.1, -0.05) is 212 Å². The molecule has 0 bridgehead atoms. The van der Waals surface area contributed by atoms with Gasteiger partial charge in [0.1, 0.15) is 23.0 Å². The molecular formula is C58H42N2O2Si2. The zero-order chi connectivity index (χ0) is 42.9. The fourth-order valence-electron chi connectivity index (χ4n) is 9.95. The second-order valence-electron chi connectivity index (χ2n) is 16.1. The van der Waals surface area contributed by atoms with Gasteiger partial charge in [0.2, 0.25) is 0 Å². The normalized spacial score (nSPS) is 14.2. The first-order valence-corrected chi connectivity index (χ1v) is 25.6. The topological polar surface area (TPSA) is 54.7 Å². The van der Waals surface area contributed by atoms with Crippen molar-refractivity contribution in [2.24, 2.45) is 4.99 Å². The minimum atomic E-state index is -2.95. The number of fused-ring (bicyclic) bond motifs is 4. The van der Waals surface area contributed by atoms with Crippen LogP contribution in [-0.2, 0) is 0 Å². The van der Waals surface area contributed by atoms with Gasteiger partial charge in [-0.25, -0.2) is 0 Å². The Bertz CT molecular complexity index is 3150. The van der Waals surface area contributed by atoms with E-state index < -0.39 is 16.1 Å². The average molecular weight is 855 g/mol. The van der Waals surface area contributed by atoms with Gasteiger partial charge >= 0.3 is 0 Å². The highest BCUT2D eigenvalue weighted by atomic mass is 28.3. The van der Waals surface area contributed by atoms with E-state index in [4.69, 9.17) is 14.5 Å². The molecule has 2 aliphatic rings. The Balaban J connectivity index is 1.14. The van der Waals surface area contributed by atoms with Gasteiger partial charge in [-0.05, 0) is 77.4 Å². The summed E-state index contributed by atoms with van der Waals surface area (Å²) in [6.45, 7) is 0. The predicted molar refractivity (Wildman–Crippen MR) is 269 cm³/mol. The fraction of sp³-hybridized carbons (Fsp3) is 0. The monoisotopic (exact) mass is 854 g/mol. The zero-order valence-corrected chi connectivity index (χ0v) is 36.9. The van der Waals surface area contributed by atoms with Crippen LogP contribution < -0.4 is 51.0 Å². The maximum Gasteiger partial charge on any atom is 0.188 e. The van der Waals surface area contributed by atoms with E-state index in [2.05, 4.69) is 188 Å². The molecule has 0 saturated heterocycles. The van der Waals surface area contributed by atoms with Crippen LogP contribution in [0.5, 0.6) is 23.0 Å². The standard InChI is InChI=1S/C58H42N2O2Si2/c59-49(47-32-20-38-55-57(47)61-51-34-16-18-36-53(51)63(55,43-24-8-2-9-25-43)44-26-10-3-11-27-44)40-50(60-41-42-22-6-1-7-23-42)48-33-21-39-56-58(48)62-52-35-17-19-37-54(52)64(56,45-28-12-4-13-29-45)46-30-14-5-15-31-46/h1-41,59H/b50-40-,59-49?,60-41?. The summed E-state index contributed by atoms with van der Waals surface area (Å²) in [5.41, 5.74) is 3.34. The Morgan fingerprint density at radius 3 is 1.19 bits per heavy atom. The molecule has 11 rings (SSSR count). The van der Waals surface area contributed by atoms with Crippen molar-refractivity contribution in [3.8, 4) is 23.0 Å². The number of benzene rings is 9. The molecule has 0 aliphatic carbocycles. The van der Waals surface area contributed by atoms with Gasteiger partial charge in [-0.15, -0.1) is 0 Å². The van der Waals surface area contributed by atoms with Crippen molar-refractivity contribution in [3.63, 3.8) is 0 Å². The van der Waals surface area contributed by atoms with Gasteiger partial charge in [-0.2, -0.15) is 0 Å². The highest BCUT2D eigenvalue weighted by Gasteiger charge is 2.50. The summed E-state index contributed by atoms with van der Waals surface area (Å²) in [4.78, 5) is 5.26. The molecular weight excluding hydrogens is 813 g/mol. The van der Waals surface area contributed by atoms with Gasteiger partial charge in [0.25, 0.3) is 0 Å². The molecule has 64 heavy (non-hydrogen) atoms. The van der Waals surface area contributed by atoms with Gasteiger partial charge in [0, 0.05) is 17.3 Å². The van der Waals surface area contributed by atoms with Crippen LogP contribution in [0.25, 0.3) is 5.70 Å². The lowest BCUT2D eigenvalue weighted by atomic mass is 10.0. The molecule has 2 aliphatic heterocycles. The van der Waals surface area contributed by atoms with Crippen LogP contribution in [0, 0.1) is 5.41 Å². The van der Waals surface area contributed by atoms with E-state index in [0.717, 1.165) is 38.7 Å². The number of rotatable bonds is 9. The number of aliphatic imine (C=N–C) groups is 1. The van der Waals surface area contributed by atoms with Gasteiger partial charge in [0.15, 0.2) is 16.1 Å². The van der Waals surface area contributed by atoms with E-state index in [9.17, 15) is 5.41 Å². The van der Waals surface area contributed by atoms with Crippen molar-refractivity contribution in [2.45, 2.75) is 0 Å². The van der Waals surface area contributed by atoms with Crippen LogP contribution in [0.4, 0.5) is 0 Å². The first-order chi connectivity index (χ1) is 31.7. The molecule has 4 nitrogen and oxygen atoms in total. The molecule has 1 N–H and O–H groups in total. The average Bonchev–Trinajstić information content (AvgIpc) is 3.37. The summed E-state index contributed by atoms with van der Waals surface area (Å²) >= 11 is 0. The van der Waals surface area contributed by atoms with Crippen LogP contribution >= 0.6 is 0 Å². The molecule has 0 fully saturated rings. The lowest BCUT2D eigenvalue weighted by molar-refractivity contribution is 0.485. The molecule has 0 saturated carbocycles. The largest absolute Gasteiger partial charge is 0.457 e. The van der Waals surface area contributed by atoms with E-state index in [1.807, 2.05) is 60.8 Å². The molecule has 0 spiro atoms. The zero-order valence-electron chi connectivity index (χ0n) is 34.9. The summed E-state index contributed by atoms with van der Waals surface area (Å²) in [5, 5.41) is 19.8. The number of nitrogens with one attached hydrogen (secondary N) is 1. The van der Waals surface area contributed by atoms with E-state index >= 15 is 0 Å². The molecule has 2 heterocycles.